The number of nitrogens with zero attached hydrogens (tertiary/aromatic N) is 4. The number of hydrogen-bond acceptors (Lipinski definition) is 4. The fourth-order valence-electron chi connectivity index (χ4n) is 3.85. The van der Waals surface area contributed by atoms with Crippen LogP contribution in [-0.2, 0) is 11.3 Å². The lowest BCUT2D eigenvalue weighted by molar-refractivity contribution is -0.121. The van der Waals surface area contributed by atoms with Gasteiger partial charge in [0.15, 0.2) is 0 Å². The lowest BCUT2D eigenvalue weighted by Crippen LogP contribution is -2.22. The minimum absolute atomic E-state index is 0.00281. The molecule has 1 N–H and O–H groups in total. The van der Waals surface area contributed by atoms with E-state index in [2.05, 4.69) is 14.7 Å². The molecule has 0 spiro atoms. The number of rotatable bonds is 3. The molecule has 1 aliphatic heterocycles. The van der Waals surface area contributed by atoms with Gasteiger partial charge < -0.3 is 19.0 Å². The summed E-state index contributed by atoms with van der Waals surface area (Å²) in [5.74, 6) is 1.40. The quantitative estimate of drug-likeness (QED) is 0.599. The first-order valence-electron chi connectivity index (χ1n) is 9.15. The van der Waals surface area contributed by atoms with Crippen LogP contribution in [-0.4, -0.2) is 32.0 Å². The summed E-state index contributed by atoms with van der Waals surface area (Å²) in [6.45, 7) is 0.426. The standard InChI is InChI=1S/C21H19N5O2/c1-28-15-7-5-14(6-8-15)25-11-9-22-21(25)16-12-19(27)23-13-17-20(16)26-10-3-2-4-18(26)24-17/h2-11,16H,12-13H2,1H3,(H,23,27). The van der Waals surface area contributed by atoms with E-state index >= 15 is 0 Å². The average Bonchev–Trinajstić information content (AvgIpc) is 3.32. The maximum Gasteiger partial charge on any atom is 0.221 e. The van der Waals surface area contributed by atoms with Gasteiger partial charge in [-0.3, -0.25) is 4.79 Å². The number of carbonyl (C=O) groups excluding carboxylic acids is 1. The maximum absolute atomic E-state index is 12.4. The Kier molecular flexibility index (Phi) is 3.86. The number of carbonyl (C=O) groups is 1. The molecule has 0 saturated carbocycles. The van der Waals surface area contributed by atoms with E-state index in [0.29, 0.717) is 13.0 Å². The van der Waals surface area contributed by atoms with Crippen LogP contribution in [0.15, 0.2) is 61.1 Å². The summed E-state index contributed by atoms with van der Waals surface area (Å²) in [6.07, 6.45) is 6.00. The molecule has 28 heavy (non-hydrogen) atoms. The van der Waals surface area contributed by atoms with Gasteiger partial charge in [0.05, 0.1) is 31.0 Å². The zero-order valence-corrected chi connectivity index (χ0v) is 15.4. The second-order valence-corrected chi connectivity index (χ2v) is 6.76. The molecule has 1 atom stereocenters. The van der Waals surface area contributed by atoms with Crippen LogP contribution in [0.3, 0.4) is 0 Å². The predicted molar refractivity (Wildman–Crippen MR) is 104 cm³/mol. The highest BCUT2D eigenvalue weighted by molar-refractivity contribution is 5.78. The van der Waals surface area contributed by atoms with Gasteiger partial charge >= 0.3 is 0 Å². The van der Waals surface area contributed by atoms with Crippen LogP contribution in [0, 0.1) is 0 Å². The third-order valence-corrected chi connectivity index (χ3v) is 5.15. The van der Waals surface area contributed by atoms with Crippen molar-refractivity contribution in [2.75, 3.05) is 7.11 Å². The number of ether oxygens (including phenoxy) is 1. The molecular weight excluding hydrogens is 354 g/mol. The van der Waals surface area contributed by atoms with E-state index in [0.717, 1.165) is 34.3 Å². The van der Waals surface area contributed by atoms with E-state index in [1.54, 1.807) is 13.3 Å². The third-order valence-electron chi connectivity index (χ3n) is 5.15. The van der Waals surface area contributed by atoms with Crippen molar-refractivity contribution in [3.63, 3.8) is 0 Å². The second-order valence-electron chi connectivity index (χ2n) is 6.76. The van der Waals surface area contributed by atoms with Crippen LogP contribution in [0.2, 0.25) is 0 Å². The summed E-state index contributed by atoms with van der Waals surface area (Å²) in [7, 11) is 1.65. The van der Waals surface area contributed by atoms with Crippen LogP contribution in [0.1, 0.15) is 29.6 Å². The van der Waals surface area contributed by atoms with Gasteiger partial charge in [-0.15, -0.1) is 0 Å². The molecule has 0 bridgehead atoms. The van der Waals surface area contributed by atoms with Crippen LogP contribution >= 0.6 is 0 Å². The Bertz CT molecular complexity index is 1160. The summed E-state index contributed by atoms with van der Waals surface area (Å²) in [5, 5.41) is 2.96. The number of methoxy groups -OCH3 is 1. The van der Waals surface area contributed by atoms with E-state index < -0.39 is 0 Å². The van der Waals surface area contributed by atoms with Crippen LogP contribution in [0.4, 0.5) is 0 Å². The molecular formula is C21H19N5O2. The van der Waals surface area contributed by atoms with Crippen LogP contribution < -0.4 is 10.1 Å². The van der Waals surface area contributed by atoms with Gasteiger partial charge in [-0.25, -0.2) is 9.97 Å². The number of hydrogen-bond donors (Lipinski definition) is 1. The Morgan fingerprint density at radius 1 is 1.14 bits per heavy atom. The Hall–Kier alpha value is -3.61. The van der Waals surface area contributed by atoms with Crippen molar-refractivity contribution in [3.05, 3.63) is 78.3 Å². The molecule has 0 aliphatic carbocycles. The van der Waals surface area contributed by atoms with Crippen molar-refractivity contribution in [2.45, 2.75) is 18.9 Å². The van der Waals surface area contributed by atoms with E-state index in [1.807, 2.05) is 59.4 Å². The van der Waals surface area contributed by atoms with Crippen molar-refractivity contribution < 1.29 is 9.53 Å². The molecule has 1 unspecified atom stereocenters. The van der Waals surface area contributed by atoms with Crippen LogP contribution in [0.5, 0.6) is 5.75 Å². The normalized spacial score (nSPS) is 16.5. The number of pyridine rings is 1. The number of imidazole rings is 2. The van der Waals surface area contributed by atoms with Gasteiger partial charge in [-0.05, 0) is 36.4 Å². The predicted octanol–water partition coefficient (Wildman–Crippen LogP) is 2.68. The molecule has 0 radical (unpaired) electrons. The minimum atomic E-state index is -0.202. The molecule has 1 aromatic carbocycles. The highest BCUT2D eigenvalue weighted by Crippen LogP contribution is 2.33. The maximum atomic E-state index is 12.4. The minimum Gasteiger partial charge on any atom is -0.497 e. The molecule has 1 aliphatic rings. The first kappa shape index (κ1) is 16.6. The number of benzene rings is 1. The average molecular weight is 373 g/mol. The van der Waals surface area contributed by atoms with Gasteiger partial charge in [0.1, 0.15) is 17.2 Å². The van der Waals surface area contributed by atoms with E-state index in [1.165, 1.54) is 0 Å². The molecule has 7 heteroatoms. The molecule has 3 aromatic heterocycles. The molecule has 0 fully saturated rings. The molecule has 7 nitrogen and oxygen atoms in total. The highest BCUT2D eigenvalue weighted by atomic mass is 16.5. The monoisotopic (exact) mass is 373 g/mol. The number of nitrogens with one attached hydrogen (secondary N) is 1. The molecule has 4 aromatic rings. The zero-order valence-electron chi connectivity index (χ0n) is 15.4. The number of aromatic nitrogens is 4. The lowest BCUT2D eigenvalue weighted by Gasteiger charge is -2.17. The topological polar surface area (TPSA) is 73.5 Å². The smallest absolute Gasteiger partial charge is 0.221 e. The fourth-order valence-corrected chi connectivity index (χ4v) is 3.85. The molecule has 0 saturated heterocycles. The largest absolute Gasteiger partial charge is 0.497 e. The van der Waals surface area contributed by atoms with Crippen molar-refractivity contribution >= 4 is 11.6 Å². The molecule has 4 heterocycles. The van der Waals surface area contributed by atoms with Gasteiger partial charge in [0.25, 0.3) is 0 Å². The number of fused-ring (bicyclic) bond motifs is 3. The summed E-state index contributed by atoms with van der Waals surface area (Å²) in [4.78, 5) is 21.8. The lowest BCUT2D eigenvalue weighted by atomic mass is 9.99. The Morgan fingerprint density at radius 3 is 2.82 bits per heavy atom. The SMILES string of the molecule is COc1ccc(-n2ccnc2C2CC(=O)NCc3nc4ccccn4c32)cc1. The Labute approximate surface area is 161 Å². The zero-order chi connectivity index (χ0) is 19.1. The first-order chi connectivity index (χ1) is 13.7. The highest BCUT2D eigenvalue weighted by Gasteiger charge is 2.31. The third kappa shape index (κ3) is 2.63. The van der Waals surface area contributed by atoms with Crippen molar-refractivity contribution in [2.24, 2.45) is 0 Å². The van der Waals surface area contributed by atoms with Gasteiger partial charge in [-0.1, -0.05) is 6.07 Å². The van der Waals surface area contributed by atoms with Gasteiger partial charge in [0.2, 0.25) is 5.91 Å². The van der Waals surface area contributed by atoms with Gasteiger partial charge in [0, 0.05) is 30.7 Å². The Morgan fingerprint density at radius 2 is 2.00 bits per heavy atom. The van der Waals surface area contributed by atoms with Crippen molar-refractivity contribution in [1.29, 1.82) is 0 Å². The van der Waals surface area contributed by atoms with Gasteiger partial charge in [-0.2, -0.15) is 0 Å². The summed E-state index contributed by atoms with van der Waals surface area (Å²) in [5.41, 5.74) is 3.73. The first-order valence-corrected chi connectivity index (χ1v) is 9.15. The second kappa shape index (κ2) is 6.53. The van der Waals surface area contributed by atoms with Crippen molar-refractivity contribution in [1.82, 2.24) is 24.3 Å². The molecule has 5 rings (SSSR count). The van der Waals surface area contributed by atoms with E-state index in [-0.39, 0.29) is 11.8 Å². The fraction of sp³-hybridized carbons (Fsp3) is 0.190. The summed E-state index contributed by atoms with van der Waals surface area (Å²) >= 11 is 0. The van der Waals surface area contributed by atoms with E-state index in [9.17, 15) is 4.79 Å². The summed E-state index contributed by atoms with van der Waals surface area (Å²) in [6, 6.07) is 13.7. The number of amides is 1. The van der Waals surface area contributed by atoms with E-state index in [4.69, 9.17) is 9.72 Å². The molecule has 140 valence electrons. The van der Waals surface area contributed by atoms with Crippen LogP contribution in [0.25, 0.3) is 11.3 Å². The Balaban J connectivity index is 1.67. The molecule has 1 amide bonds. The summed E-state index contributed by atoms with van der Waals surface area (Å²) < 4.78 is 9.34. The van der Waals surface area contributed by atoms with Crippen molar-refractivity contribution in [3.8, 4) is 11.4 Å².